The van der Waals surface area contributed by atoms with Crippen LogP contribution in [0, 0.1) is 0 Å². The summed E-state index contributed by atoms with van der Waals surface area (Å²) in [5.74, 6) is 6.67. The maximum absolute atomic E-state index is 5.71. The summed E-state index contributed by atoms with van der Waals surface area (Å²) in [5.41, 5.74) is 2.84. The fourth-order valence-electron chi connectivity index (χ4n) is 1.86. The third kappa shape index (κ3) is 3.07. The van der Waals surface area contributed by atoms with Crippen molar-refractivity contribution in [1.82, 2.24) is 25.1 Å². The number of likely N-dealkylation sites (N-methyl/N-ethyl adjacent to an activating group) is 1. The lowest BCUT2D eigenvalue weighted by Gasteiger charge is -2.39. The van der Waals surface area contributed by atoms with Gasteiger partial charge in [0.2, 0.25) is 0 Å². The molecule has 6 nitrogen and oxygen atoms in total. The van der Waals surface area contributed by atoms with E-state index < -0.39 is 0 Å². The van der Waals surface area contributed by atoms with Gasteiger partial charge < -0.3 is 4.90 Å². The van der Waals surface area contributed by atoms with Crippen LogP contribution in [0.3, 0.4) is 0 Å². The van der Waals surface area contributed by atoms with Crippen LogP contribution in [-0.4, -0.2) is 45.3 Å². The van der Waals surface area contributed by atoms with Gasteiger partial charge in [-0.3, -0.25) is 11.3 Å². The first-order chi connectivity index (χ1) is 8.30. The lowest BCUT2D eigenvalue weighted by atomic mass is 9.91. The summed E-state index contributed by atoms with van der Waals surface area (Å²) in [4.78, 5) is 6.50. The average Bonchev–Trinajstić information content (AvgIpc) is 2.73. The molecule has 0 fully saturated rings. The molecule has 1 aromatic heterocycles. The van der Waals surface area contributed by atoms with Crippen LogP contribution in [0.4, 0.5) is 0 Å². The van der Waals surface area contributed by atoms with Gasteiger partial charge in [0.15, 0.2) is 0 Å². The van der Waals surface area contributed by atoms with Gasteiger partial charge in [0, 0.05) is 24.0 Å². The Hall–Kier alpha value is -0.980. The van der Waals surface area contributed by atoms with E-state index in [0.29, 0.717) is 6.04 Å². The molecule has 0 saturated heterocycles. The van der Waals surface area contributed by atoms with E-state index in [4.69, 9.17) is 5.84 Å². The number of hydrazine groups is 1. The minimum atomic E-state index is -0.0670. The monoisotopic (exact) mass is 254 g/mol. The van der Waals surface area contributed by atoms with E-state index in [2.05, 4.69) is 62.2 Å². The van der Waals surface area contributed by atoms with Gasteiger partial charge in [0.1, 0.15) is 12.2 Å². The highest BCUT2D eigenvalue weighted by Gasteiger charge is 2.32. The Bertz CT molecular complexity index is 368. The van der Waals surface area contributed by atoms with Crippen LogP contribution in [0.25, 0.3) is 0 Å². The molecule has 0 radical (unpaired) electrons. The van der Waals surface area contributed by atoms with E-state index in [1.807, 2.05) is 4.68 Å². The van der Waals surface area contributed by atoms with Gasteiger partial charge in [-0.1, -0.05) is 0 Å². The molecule has 0 aliphatic carbocycles. The summed E-state index contributed by atoms with van der Waals surface area (Å²) < 4.78 is 1.94. The number of hydrogen-bond acceptors (Lipinski definition) is 5. The number of nitrogens with one attached hydrogen (secondary N) is 1. The highest BCUT2D eigenvalue weighted by atomic mass is 15.4. The van der Waals surface area contributed by atoms with Crippen molar-refractivity contribution in [2.75, 3.05) is 14.1 Å². The molecule has 1 atom stereocenters. The summed E-state index contributed by atoms with van der Waals surface area (Å²) in [6.07, 6.45) is 2.35. The second kappa shape index (κ2) is 5.77. The van der Waals surface area contributed by atoms with Gasteiger partial charge in [-0.25, -0.2) is 9.67 Å². The standard InChI is InChI=1S/C12H26N6/c1-9(2)18-11(14-8-15-18)7-10(16-13)12(3,4)17(5)6/h8-10,16H,7,13H2,1-6H3. The van der Waals surface area contributed by atoms with E-state index in [9.17, 15) is 0 Å². The Kier molecular flexibility index (Phi) is 4.84. The molecule has 0 bridgehead atoms. The Morgan fingerprint density at radius 1 is 1.44 bits per heavy atom. The van der Waals surface area contributed by atoms with E-state index in [1.165, 1.54) is 0 Å². The van der Waals surface area contributed by atoms with E-state index in [0.717, 1.165) is 12.2 Å². The maximum Gasteiger partial charge on any atom is 0.138 e. The van der Waals surface area contributed by atoms with Gasteiger partial charge in [-0.15, -0.1) is 0 Å². The second-order valence-electron chi connectivity index (χ2n) is 5.69. The van der Waals surface area contributed by atoms with Crippen molar-refractivity contribution in [3.63, 3.8) is 0 Å². The van der Waals surface area contributed by atoms with Crippen molar-refractivity contribution < 1.29 is 0 Å². The fraction of sp³-hybridized carbons (Fsp3) is 0.833. The summed E-state index contributed by atoms with van der Waals surface area (Å²) in [7, 11) is 4.11. The van der Waals surface area contributed by atoms with E-state index >= 15 is 0 Å². The van der Waals surface area contributed by atoms with Crippen LogP contribution >= 0.6 is 0 Å². The van der Waals surface area contributed by atoms with Gasteiger partial charge in [0.25, 0.3) is 0 Å². The van der Waals surface area contributed by atoms with E-state index in [-0.39, 0.29) is 11.6 Å². The highest BCUT2D eigenvalue weighted by Crippen LogP contribution is 2.19. The molecule has 1 heterocycles. The van der Waals surface area contributed by atoms with Gasteiger partial charge in [-0.2, -0.15) is 5.10 Å². The average molecular weight is 254 g/mol. The first-order valence-corrected chi connectivity index (χ1v) is 6.32. The van der Waals surface area contributed by atoms with Crippen molar-refractivity contribution in [2.45, 2.75) is 51.7 Å². The van der Waals surface area contributed by atoms with Crippen LogP contribution in [0.2, 0.25) is 0 Å². The smallest absolute Gasteiger partial charge is 0.138 e. The fourth-order valence-corrected chi connectivity index (χ4v) is 1.86. The quantitative estimate of drug-likeness (QED) is 0.574. The number of aromatic nitrogens is 3. The first kappa shape index (κ1) is 15.1. The Morgan fingerprint density at radius 3 is 2.50 bits per heavy atom. The third-order valence-corrected chi connectivity index (χ3v) is 3.73. The highest BCUT2D eigenvalue weighted by molar-refractivity contribution is 4.99. The molecular formula is C12H26N6. The molecule has 0 amide bonds. The number of hydrogen-bond donors (Lipinski definition) is 2. The van der Waals surface area contributed by atoms with E-state index in [1.54, 1.807) is 6.33 Å². The summed E-state index contributed by atoms with van der Waals surface area (Å²) in [6, 6.07) is 0.414. The number of nitrogens with two attached hydrogens (primary N) is 1. The van der Waals surface area contributed by atoms with Crippen molar-refractivity contribution in [2.24, 2.45) is 5.84 Å². The molecule has 104 valence electrons. The zero-order chi connectivity index (χ0) is 13.9. The molecule has 0 aliphatic rings. The van der Waals surface area contributed by atoms with Crippen LogP contribution in [0.5, 0.6) is 0 Å². The molecule has 1 rings (SSSR count). The zero-order valence-corrected chi connectivity index (χ0v) is 12.3. The SMILES string of the molecule is CC(C)n1ncnc1CC(NN)C(C)(C)N(C)C. The molecular weight excluding hydrogens is 228 g/mol. The zero-order valence-electron chi connectivity index (χ0n) is 12.3. The van der Waals surface area contributed by atoms with Gasteiger partial charge in [-0.05, 0) is 41.8 Å². The van der Waals surface area contributed by atoms with Crippen LogP contribution in [-0.2, 0) is 6.42 Å². The summed E-state index contributed by atoms with van der Waals surface area (Å²) in [5, 5.41) is 4.25. The molecule has 1 aromatic rings. The predicted molar refractivity (Wildman–Crippen MR) is 73.0 cm³/mol. The minimum Gasteiger partial charge on any atom is -0.303 e. The lowest BCUT2D eigenvalue weighted by Crippen LogP contribution is -2.58. The molecule has 6 heteroatoms. The molecule has 0 aromatic carbocycles. The largest absolute Gasteiger partial charge is 0.303 e. The molecule has 0 spiro atoms. The minimum absolute atomic E-state index is 0.0670. The molecule has 0 aliphatic heterocycles. The van der Waals surface area contributed by atoms with Gasteiger partial charge in [0.05, 0.1) is 0 Å². The molecule has 3 N–H and O–H groups in total. The Balaban J connectivity index is 2.90. The van der Waals surface area contributed by atoms with Crippen LogP contribution in [0.1, 0.15) is 39.6 Å². The van der Waals surface area contributed by atoms with Crippen molar-refractivity contribution in [1.29, 1.82) is 0 Å². The van der Waals surface area contributed by atoms with Crippen LogP contribution < -0.4 is 11.3 Å². The topological polar surface area (TPSA) is 72.0 Å². The first-order valence-electron chi connectivity index (χ1n) is 6.32. The lowest BCUT2D eigenvalue weighted by molar-refractivity contribution is 0.135. The van der Waals surface area contributed by atoms with Crippen LogP contribution in [0.15, 0.2) is 6.33 Å². The normalized spacial score (nSPS) is 14.5. The number of rotatable bonds is 6. The summed E-state index contributed by atoms with van der Waals surface area (Å²) >= 11 is 0. The van der Waals surface area contributed by atoms with Crippen molar-refractivity contribution >= 4 is 0 Å². The Morgan fingerprint density at radius 2 is 2.06 bits per heavy atom. The third-order valence-electron chi connectivity index (χ3n) is 3.73. The van der Waals surface area contributed by atoms with Gasteiger partial charge >= 0.3 is 0 Å². The molecule has 1 unspecified atom stereocenters. The summed E-state index contributed by atoms with van der Waals surface area (Å²) in [6.45, 7) is 8.52. The Labute approximate surface area is 110 Å². The molecule has 18 heavy (non-hydrogen) atoms. The van der Waals surface area contributed by atoms with Crippen molar-refractivity contribution in [3.8, 4) is 0 Å². The number of nitrogens with zero attached hydrogens (tertiary/aromatic N) is 4. The molecule has 0 saturated carbocycles. The van der Waals surface area contributed by atoms with Crippen molar-refractivity contribution in [3.05, 3.63) is 12.2 Å². The maximum atomic E-state index is 5.71. The predicted octanol–water partition coefficient (Wildman–Crippen LogP) is 0.574. The second-order valence-corrected chi connectivity index (χ2v) is 5.69.